The highest BCUT2D eigenvalue weighted by Gasteiger charge is 2.31. The molecule has 2 N–H and O–H groups in total. The number of fused-ring (bicyclic) bond motifs is 1. The largest absolute Gasteiger partial charge is 0.483 e. The number of hydrogen-bond donors (Lipinski definition) is 2. The lowest BCUT2D eigenvalue weighted by Gasteiger charge is -2.37. The van der Waals surface area contributed by atoms with Crippen molar-refractivity contribution in [3.8, 4) is 11.1 Å². The van der Waals surface area contributed by atoms with Gasteiger partial charge >= 0.3 is 0 Å². The van der Waals surface area contributed by atoms with Crippen LogP contribution >= 0.6 is 0 Å². The molecule has 2 aliphatic rings. The number of carbonyl (C=O) groups excluding carboxylic acids is 2. The molecular formula is C46H53F3N4O5. The highest BCUT2D eigenvalue weighted by molar-refractivity contribution is 5.96. The van der Waals surface area contributed by atoms with Crippen LogP contribution in [0.5, 0.6) is 0 Å². The Balaban J connectivity index is 0.00000119. The number of aryl methyl sites for hydroxylation is 1. The smallest absolute Gasteiger partial charge is 0.290 e. The van der Waals surface area contributed by atoms with E-state index in [1.807, 2.05) is 51.1 Å². The molecule has 2 amide bonds. The third kappa shape index (κ3) is 10.6. The molecule has 9 nitrogen and oxygen atoms in total. The Hall–Kier alpha value is -5.78. The minimum Gasteiger partial charge on any atom is -0.483 e. The van der Waals surface area contributed by atoms with Crippen LogP contribution in [0.25, 0.3) is 21.9 Å². The number of aromatic amines is 1. The van der Waals surface area contributed by atoms with E-state index in [4.69, 9.17) is 9.90 Å². The molecule has 4 aromatic carbocycles. The number of rotatable bonds is 8. The number of amides is 2. The van der Waals surface area contributed by atoms with Gasteiger partial charge in [0.25, 0.3) is 23.8 Å². The van der Waals surface area contributed by atoms with Gasteiger partial charge in [-0.15, -0.1) is 0 Å². The topological polar surface area (TPSA) is 124 Å². The number of carbonyl (C=O) groups is 3. The first-order valence-electron chi connectivity index (χ1n) is 19.6. The van der Waals surface area contributed by atoms with E-state index in [2.05, 4.69) is 10.2 Å². The minimum absolute atomic E-state index is 0. The summed E-state index contributed by atoms with van der Waals surface area (Å²) in [6.45, 7) is 7.67. The van der Waals surface area contributed by atoms with Gasteiger partial charge in [-0.25, -0.2) is 18.3 Å². The van der Waals surface area contributed by atoms with Crippen LogP contribution < -0.4 is 5.56 Å². The fraction of sp³-hybridized carbons (Fsp3) is 0.370. The maximum atomic E-state index is 15.2. The molecule has 0 aliphatic carbocycles. The summed E-state index contributed by atoms with van der Waals surface area (Å²) in [5.74, 6) is -2.48. The first-order valence-corrected chi connectivity index (χ1v) is 19.6. The number of H-pyrrole nitrogens is 1. The second kappa shape index (κ2) is 21.1. The molecule has 0 spiro atoms. The Morgan fingerprint density at radius 3 is 1.91 bits per heavy atom. The Kier molecular flexibility index (Phi) is 16.4. The molecular weight excluding hydrogens is 746 g/mol. The molecule has 0 atom stereocenters. The van der Waals surface area contributed by atoms with Crippen LogP contribution in [0.3, 0.4) is 0 Å². The van der Waals surface area contributed by atoms with Crippen molar-refractivity contribution in [2.24, 2.45) is 11.8 Å². The van der Waals surface area contributed by atoms with Crippen LogP contribution in [0.2, 0.25) is 0 Å². The monoisotopic (exact) mass is 798 g/mol. The highest BCUT2D eigenvalue weighted by atomic mass is 19.1. The van der Waals surface area contributed by atoms with Gasteiger partial charge in [0.1, 0.15) is 23.0 Å². The third-order valence-electron chi connectivity index (χ3n) is 10.8. The number of hydrogen-bond acceptors (Lipinski definition) is 5. The molecule has 1 aromatic heterocycles. The number of likely N-dealkylation sites (tertiary alicyclic amines) is 2. The first-order chi connectivity index (χ1) is 27.6. The van der Waals surface area contributed by atoms with E-state index >= 15 is 8.78 Å². The highest BCUT2D eigenvalue weighted by Crippen LogP contribution is 2.32. The second-order valence-electron chi connectivity index (χ2n) is 14.2. The molecule has 0 saturated carbocycles. The SMILES string of the molecule is C.CC.CCc1cccc(-c2cc(F)c(C(=O)N3CCC(CC4CCN(C(=O)c5cc(Cc6n[nH]c(=O)c7ccccc67)ccc5F)CC4)CC3)c(F)c2)c1.O=CO. The minimum atomic E-state index is -0.851. The summed E-state index contributed by atoms with van der Waals surface area (Å²) in [7, 11) is 0. The van der Waals surface area contributed by atoms with Crippen molar-refractivity contribution in [2.45, 2.75) is 73.1 Å². The normalized spacial score (nSPS) is 14.4. The lowest BCUT2D eigenvalue weighted by atomic mass is 9.82. The number of piperidine rings is 2. The Morgan fingerprint density at radius 2 is 1.33 bits per heavy atom. The van der Waals surface area contributed by atoms with Gasteiger partial charge in [-0.2, -0.15) is 5.10 Å². The van der Waals surface area contributed by atoms with Gasteiger partial charge in [0, 0.05) is 38.0 Å². The number of benzene rings is 4. The maximum Gasteiger partial charge on any atom is 0.290 e. The summed E-state index contributed by atoms with van der Waals surface area (Å²) >= 11 is 0. The number of halogens is 3. The van der Waals surface area contributed by atoms with Gasteiger partial charge in [-0.3, -0.25) is 19.2 Å². The van der Waals surface area contributed by atoms with E-state index in [1.54, 1.807) is 40.1 Å². The zero-order valence-electron chi connectivity index (χ0n) is 32.6. The molecule has 3 heterocycles. The molecule has 2 saturated heterocycles. The summed E-state index contributed by atoms with van der Waals surface area (Å²) in [5, 5.41) is 14.9. The van der Waals surface area contributed by atoms with Crippen LogP contribution in [0.1, 0.15) is 97.8 Å². The lowest BCUT2D eigenvalue weighted by molar-refractivity contribution is -0.122. The molecule has 0 radical (unpaired) electrons. The maximum absolute atomic E-state index is 15.2. The molecule has 7 rings (SSSR count). The molecule has 0 unspecified atom stereocenters. The molecule has 5 aromatic rings. The Bertz CT molecular complexity index is 2220. The van der Waals surface area contributed by atoms with Crippen molar-refractivity contribution in [3.63, 3.8) is 0 Å². The summed E-state index contributed by atoms with van der Waals surface area (Å²) in [6.07, 6.45) is 5.16. The van der Waals surface area contributed by atoms with Gasteiger partial charge in [-0.1, -0.05) is 76.7 Å². The number of nitrogens with one attached hydrogen (secondary N) is 1. The van der Waals surface area contributed by atoms with E-state index in [-0.39, 0.29) is 30.9 Å². The molecule has 2 aliphatic heterocycles. The average molecular weight is 799 g/mol. The zero-order valence-corrected chi connectivity index (χ0v) is 32.6. The number of nitrogens with zero attached hydrogens (tertiary/aromatic N) is 3. The summed E-state index contributed by atoms with van der Waals surface area (Å²) in [4.78, 5) is 50.6. The van der Waals surface area contributed by atoms with Crippen molar-refractivity contribution in [2.75, 3.05) is 26.2 Å². The summed E-state index contributed by atoms with van der Waals surface area (Å²) in [6, 6.07) is 21.7. The standard InChI is InChI=1S/C42H41F3N4O3.C2H6.CH2O2.CH4/c1-2-26-6-5-7-30(21-26)31-24-36(44)39(37(45)25-31)42(52)49-18-14-28(15-19-49)20-27-12-16-48(17-13-27)41(51)34-22-29(10-11-35(34)43)23-38-32-8-3-4-9-33(32)40(50)47-46-38;1-2;2-1-3;/h3-11,21-22,24-25,27-28H,2,12-20,23H2,1H3,(H,47,50);1-2H3;1H,(H,2,3);1H4. The van der Waals surface area contributed by atoms with Crippen molar-refractivity contribution < 1.29 is 32.7 Å². The van der Waals surface area contributed by atoms with E-state index in [1.165, 1.54) is 18.2 Å². The predicted molar refractivity (Wildman–Crippen MR) is 221 cm³/mol. The van der Waals surface area contributed by atoms with Crippen molar-refractivity contribution >= 4 is 29.1 Å². The van der Waals surface area contributed by atoms with Gasteiger partial charge < -0.3 is 14.9 Å². The zero-order chi connectivity index (χ0) is 41.1. The van der Waals surface area contributed by atoms with E-state index in [0.717, 1.165) is 44.1 Å². The quantitative estimate of drug-likeness (QED) is 0.151. The van der Waals surface area contributed by atoms with Crippen LogP contribution in [0.4, 0.5) is 13.2 Å². The van der Waals surface area contributed by atoms with Gasteiger partial charge in [-0.05, 0) is 103 Å². The fourth-order valence-corrected chi connectivity index (χ4v) is 7.80. The molecule has 2 fully saturated rings. The van der Waals surface area contributed by atoms with Crippen LogP contribution in [-0.2, 0) is 17.6 Å². The van der Waals surface area contributed by atoms with Crippen LogP contribution in [-0.4, -0.2) is 69.6 Å². The van der Waals surface area contributed by atoms with Crippen molar-refractivity contribution in [1.29, 1.82) is 0 Å². The first kappa shape index (κ1) is 44.9. The summed E-state index contributed by atoms with van der Waals surface area (Å²) in [5.41, 5.74) is 2.76. The Morgan fingerprint density at radius 1 is 0.759 bits per heavy atom. The van der Waals surface area contributed by atoms with Crippen LogP contribution in [0.15, 0.2) is 83.7 Å². The second-order valence-corrected chi connectivity index (χ2v) is 14.2. The lowest BCUT2D eigenvalue weighted by Crippen LogP contribution is -2.41. The third-order valence-corrected chi connectivity index (χ3v) is 10.8. The fourth-order valence-electron chi connectivity index (χ4n) is 7.80. The van der Waals surface area contributed by atoms with Gasteiger partial charge in [0.2, 0.25) is 0 Å². The predicted octanol–water partition coefficient (Wildman–Crippen LogP) is 9.32. The number of aromatic nitrogens is 2. The van der Waals surface area contributed by atoms with E-state index in [9.17, 15) is 18.8 Å². The number of carboxylic acid groups (broad SMARTS) is 1. The summed E-state index contributed by atoms with van der Waals surface area (Å²) < 4.78 is 45.4. The Labute approximate surface area is 337 Å². The average Bonchev–Trinajstić information content (AvgIpc) is 3.23. The van der Waals surface area contributed by atoms with E-state index in [0.29, 0.717) is 77.6 Å². The molecule has 58 heavy (non-hydrogen) atoms. The van der Waals surface area contributed by atoms with E-state index < -0.39 is 28.9 Å². The van der Waals surface area contributed by atoms with Gasteiger partial charge in [0.15, 0.2) is 0 Å². The van der Waals surface area contributed by atoms with Crippen molar-refractivity contribution in [1.82, 2.24) is 20.0 Å². The van der Waals surface area contributed by atoms with Crippen molar-refractivity contribution in [3.05, 3.63) is 135 Å². The molecule has 0 bridgehead atoms. The molecule has 12 heteroatoms. The molecule has 308 valence electrons. The van der Waals surface area contributed by atoms with Gasteiger partial charge in [0.05, 0.1) is 16.6 Å². The van der Waals surface area contributed by atoms with Crippen LogP contribution in [0, 0.1) is 29.3 Å².